The van der Waals surface area contributed by atoms with Crippen molar-refractivity contribution in [2.24, 2.45) is 5.73 Å². The van der Waals surface area contributed by atoms with Gasteiger partial charge in [-0.15, -0.1) is 0 Å². The molecule has 1 unspecified atom stereocenters. The minimum absolute atomic E-state index is 0.0847. The van der Waals surface area contributed by atoms with E-state index in [0.717, 1.165) is 11.1 Å². The molecule has 0 saturated carbocycles. The van der Waals surface area contributed by atoms with Gasteiger partial charge in [-0.2, -0.15) is 0 Å². The van der Waals surface area contributed by atoms with E-state index >= 15 is 0 Å². The summed E-state index contributed by atoms with van der Waals surface area (Å²) in [6.07, 6.45) is 0. The molecule has 0 aliphatic carbocycles. The number of rotatable bonds is 6. The van der Waals surface area contributed by atoms with Crippen molar-refractivity contribution in [3.05, 3.63) is 35.4 Å². The van der Waals surface area contributed by atoms with Crippen molar-refractivity contribution >= 4 is 5.91 Å². The number of aryl methyl sites for hydroxylation is 1. The molecule has 0 heterocycles. The average Bonchev–Trinajstić information content (AvgIpc) is 2.38. The first-order valence-electron chi connectivity index (χ1n) is 6.21. The van der Waals surface area contributed by atoms with Gasteiger partial charge in [0.1, 0.15) is 6.04 Å². The Bertz CT molecular complexity index is 376. The SMILES string of the molecule is CCOCCN(C)C(=O)C(N)c1ccc(C)cc1. The Morgan fingerprint density at radius 3 is 2.56 bits per heavy atom. The molecule has 2 N–H and O–H groups in total. The third kappa shape index (κ3) is 4.13. The summed E-state index contributed by atoms with van der Waals surface area (Å²) < 4.78 is 5.22. The van der Waals surface area contributed by atoms with Gasteiger partial charge in [0.25, 0.3) is 0 Å². The summed E-state index contributed by atoms with van der Waals surface area (Å²) in [7, 11) is 1.75. The van der Waals surface area contributed by atoms with Crippen LogP contribution in [0.25, 0.3) is 0 Å². The summed E-state index contributed by atoms with van der Waals surface area (Å²) in [4.78, 5) is 13.7. The van der Waals surface area contributed by atoms with E-state index in [4.69, 9.17) is 10.5 Å². The first-order valence-corrected chi connectivity index (χ1v) is 6.21. The molecule has 4 nitrogen and oxygen atoms in total. The zero-order valence-electron chi connectivity index (χ0n) is 11.3. The van der Waals surface area contributed by atoms with Crippen molar-refractivity contribution in [2.45, 2.75) is 19.9 Å². The average molecular weight is 250 g/mol. The van der Waals surface area contributed by atoms with Crippen LogP contribution in [0.1, 0.15) is 24.1 Å². The van der Waals surface area contributed by atoms with Gasteiger partial charge in [0.15, 0.2) is 0 Å². The summed E-state index contributed by atoms with van der Waals surface area (Å²) in [5, 5.41) is 0. The lowest BCUT2D eigenvalue weighted by atomic mass is 10.1. The van der Waals surface area contributed by atoms with Crippen molar-refractivity contribution in [3.8, 4) is 0 Å². The molecule has 1 rings (SSSR count). The van der Waals surface area contributed by atoms with E-state index in [1.807, 2.05) is 38.1 Å². The number of hydrogen-bond acceptors (Lipinski definition) is 3. The van der Waals surface area contributed by atoms with Crippen LogP contribution < -0.4 is 5.73 Å². The second-order valence-electron chi connectivity index (χ2n) is 4.35. The maximum absolute atomic E-state index is 12.1. The minimum atomic E-state index is -0.600. The molecule has 0 radical (unpaired) electrons. The predicted molar refractivity (Wildman–Crippen MR) is 72.2 cm³/mol. The van der Waals surface area contributed by atoms with E-state index in [9.17, 15) is 4.79 Å². The second-order valence-corrected chi connectivity index (χ2v) is 4.35. The number of carbonyl (C=O) groups is 1. The number of carbonyl (C=O) groups excluding carboxylic acids is 1. The number of nitrogens with two attached hydrogens (primary N) is 1. The molecule has 0 fully saturated rings. The fourth-order valence-corrected chi connectivity index (χ4v) is 1.61. The Morgan fingerprint density at radius 1 is 1.39 bits per heavy atom. The van der Waals surface area contributed by atoms with Crippen molar-refractivity contribution in [3.63, 3.8) is 0 Å². The lowest BCUT2D eigenvalue weighted by Crippen LogP contribution is -2.37. The summed E-state index contributed by atoms with van der Waals surface area (Å²) in [6.45, 7) is 5.70. The standard InChI is InChI=1S/C14H22N2O2/c1-4-18-10-9-16(3)14(17)13(15)12-7-5-11(2)6-8-12/h5-8,13H,4,9-10,15H2,1-3H3. The summed E-state index contributed by atoms with van der Waals surface area (Å²) in [6, 6.07) is 7.12. The van der Waals surface area contributed by atoms with E-state index in [2.05, 4.69) is 0 Å². The highest BCUT2D eigenvalue weighted by Crippen LogP contribution is 2.13. The smallest absolute Gasteiger partial charge is 0.243 e. The molecule has 1 atom stereocenters. The topological polar surface area (TPSA) is 55.6 Å². The van der Waals surface area contributed by atoms with Crippen molar-refractivity contribution in [1.29, 1.82) is 0 Å². The third-order valence-corrected chi connectivity index (χ3v) is 2.85. The number of likely N-dealkylation sites (N-methyl/N-ethyl adjacent to an activating group) is 1. The number of benzene rings is 1. The van der Waals surface area contributed by atoms with Crippen LogP contribution in [0.3, 0.4) is 0 Å². The van der Waals surface area contributed by atoms with Gasteiger partial charge >= 0.3 is 0 Å². The Hall–Kier alpha value is -1.39. The molecule has 0 saturated heterocycles. The maximum Gasteiger partial charge on any atom is 0.243 e. The first kappa shape index (κ1) is 14.7. The molecule has 1 aromatic rings. The van der Waals surface area contributed by atoms with Crippen LogP contribution in [0.15, 0.2) is 24.3 Å². The van der Waals surface area contributed by atoms with E-state index in [1.165, 1.54) is 0 Å². The Labute approximate surface area is 109 Å². The van der Waals surface area contributed by atoms with Crippen LogP contribution >= 0.6 is 0 Å². The highest BCUT2D eigenvalue weighted by molar-refractivity contribution is 5.82. The molecular weight excluding hydrogens is 228 g/mol. The fraction of sp³-hybridized carbons (Fsp3) is 0.500. The quantitative estimate of drug-likeness (QED) is 0.778. The molecule has 18 heavy (non-hydrogen) atoms. The van der Waals surface area contributed by atoms with Crippen molar-refractivity contribution < 1.29 is 9.53 Å². The molecule has 100 valence electrons. The van der Waals surface area contributed by atoms with E-state index in [0.29, 0.717) is 19.8 Å². The summed E-state index contributed by atoms with van der Waals surface area (Å²) in [5.74, 6) is -0.0847. The minimum Gasteiger partial charge on any atom is -0.380 e. The van der Waals surface area contributed by atoms with Gasteiger partial charge in [-0.05, 0) is 19.4 Å². The fourth-order valence-electron chi connectivity index (χ4n) is 1.61. The van der Waals surface area contributed by atoms with Crippen LogP contribution in [0.2, 0.25) is 0 Å². The van der Waals surface area contributed by atoms with E-state index in [1.54, 1.807) is 11.9 Å². The van der Waals surface area contributed by atoms with Gasteiger partial charge in [-0.1, -0.05) is 29.8 Å². The first-order chi connectivity index (χ1) is 8.56. The predicted octanol–water partition coefficient (Wildman–Crippen LogP) is 1.49. The molecule has 0 spiro atoms. The molecular formula is C14H22N2O2. The zero-order valence-corrected chi connectivity index (χ0v) is 11.3. The van der Waals surface area contributed by atoms with Gasteiger partial charge in [0.2, 0.25) is 5.91 Å². The van der Waals surface area contributed by atoms with Crippen molar-refractivity contribution in [1.82, 2.24) is 4.90 Å². The highest BCUT2D eigenvalue weighted by atomic mass is 16.5. The lowest BCUT2D eigenvalue weighted by molar-refractivity contribution is -0.132. The number of nitrogens with zero attached hydrogens (tertiary/aromatic N) is 1. The number of hydrogen-bond donors (Lipinski definition) is 1. The zero-order chi connectivity index (χ0) is 13.5. The van der Waals surface area contributed by atoms with Crippen LogP contribution in [0.4, 0.5) is 0 Å². The van der Waals surface area contributed by atoms with Gasteiger partial charge in [-0.25, -0.2) is 0 Å². The third-order valence-electron chi connectivity index (χ3n) is 2.85. The lowest BCUT2D eigenvalue weighted by Gasteiger charge is -2.21. The van der Waals surface area contributed by atoms with E-state index in [-0.39, 0.29) is 5.91 Å². The van der Waals surface area contributed by atoms with Crippen LogP contribution in [0, 0.1) is 6.92 Å². The van der Waals surface area contributed by atoms with Gasteiger partial charge in [0.05, 0.1) is 6.61 Å². The van der Waals surface area contributed by atoms with Crippen LogP contribution in [0.5, 0.6) is 0 Å². The largest absolute Gasteiger partial charge is 0.380 e. The van der Waals surface area contributed by atoms with Crippen molar-refractivity contribution in [2.75, 3.05) is 26.8 Å². The van der Waals surface area contributed by atoms with E-state index < -0.39 is 6.04 Å². The number of ether oxygens (including phenoxy) is 1. The molecule has 4 heteroatoms. The number of amides is 1. The highest BCUT2D eigenvalue weighted by Gasteiger charge is 2.19. The Kier molecular flexibility index (Phi) is 5.82. The molecule has 0 aromatic heterocycles. The van der Waals surface area contributed by atoms with Gasteiger partial charge < -0.3 is 15.4 Å². The molecule has 1 amide bonds. The second kappa shape index (κ2) is 7.13. The monoisotopic (exact) mass is 250 g/mol. The molecule has 0 aliphatic rings. The van der Waals surface area contributed by atoms with Crippen LogP contribution in [-0.4, -0.2) is 37.6 Å². The molecule has 0 bridgehead atoms. The normalized spacial score (nSPS) is 12.2. The summed E-state index contributed by atoms with van der Waals surface area (Å²) in [5.41, 5.74) is 7.96. The molecule has 0 aliphatic heterocycles. The van der Waals surface area contributed by atoms with Gasteiger partial charge in [-0.3, -0.25) is 4.79 Å². The van der Waals surface area contributed by atoms with Crippen LogP contribution in [-0.2, 0) is 9.53 Å². The van der Waals surface area contributed by atoms with Gasteiger partial charge in [0, 0.05) is 20.2 Å². The maximum atomic E-state index is 12.1. The summed E-state index contributed by atoms with van der Waals surface area (Å²) >= 11 is 0. The Morgan fingerprint density at radius 2 is 2.00 bits per heavy atom. The molecule has 1 aromatic carbocycles. The Balaban J connectivity index is 2.57.